The van der Waals surface area contributed by atoms with Crippen molar-refractivity contribution in [1.29, 1.82) is 0 Å². The van der Waals surface area contributed by atoms with Crippen molar-refractivity contribution in [2.24, 2.45) is 0 Å². The molecule has 0 aliphatic carbocycles. The molecule has 20 heavy (non-hydrogen) atoms. The Kier molecular flexibility index (Phi) is 6.10. The van der Waals surface area contributed by atoms with Crippen LogP contribution in [0.1, 0.15) is 30.6 Å². The molecule has 0 aliphatic rings. The molecule has 0 radical (unpaired) electrons. The number of nitrogens with zero attached hydrogens (tertiary/aromatic N) is 1. The molecule has 0 aromatic heterocycles. The standard InChI is InChI=1S/C13H16Cl2N2O3/c1-3-5-17(4-2)13(20)16-11-9(14)6-8(12(18)19)7-10(11)15/h6-7H,3-5H2,1-2H3,(H,16,20)(H,18,19). The highest BCUT2D eigenvalue weighted by atomic mass is 35.5. The van der Waals surface area contributed by atoms with Crippen LogP contribution in [-0.2, 0) is 0 Å². The fourth-order valence-electron chi connectivity index (χ4n) is 1.68. The quantitative estimate of drug-likeness (QED) is 0.863. The lowest BCUT2D eigenvalue weighted by Gasteiger charge is -2.21. The molecule has 1 aromatic rings. The monoisotopic (exact) mass is 318 g/mol. The van der Waals surface area contributed by atoms with Gasteiger partial charge in [0.05, 0.1) is 21.3 Å². The van der Waals surface area contributed by atoms with Gasteiger partial charge in [0.25, 0.3) is 0 Å². The third kappa shape index (κ3) is 4.02. The number of anilines is 1. The van der Waals surface area contributed by atoms with Crippen molar-refractivity contribution < 1.29 is 14.7 Å². The molecular weight excluding hydrogens is 303 g/mol. The van der Waals surface area contributed by atoms with Crippen LogP contribution in [0.15, 0.2) is 12.1 Å². The van der Waals surface area contributed by atoms with Crippen molar-refractivity contribution in [2.45, 2.75) is 20.3 Å². The van der Waals surface area contributed by atoms with Crippen LogP contribution in [0.2, 0.25) is 10.0 Å². The van der Waals surface area contributed by atoms with E-state index in [4.69, 9.17) is 28.3 Å². The Morgan fingerprint density at radius 2 is 1.80 bits per heavy atom. The number of rotatable bonds is 5. The van der Waals surface area contributed by atoms with E-state index in [2.05, 4.69) is 5.32 Å². The number of hydrogen-bond acceptors (Lipinski definition) is 2. The largest absolute Gasteiger partial charge is 0.478 e. The van der Waals surface area contributed by atoms with E-state index in [-0.39, 0.29) is 27.3 Å². The number of halogens is 2. The van der Waals surface area contributed by atoms with Gasteiger partial charge in [0.15, 0.2) is 0 Å². The Morgan fingerprint density at radius 3 is 2.20 bits per heavy atom. The number of nitrogens with one attached hydrogen (secondary N) is 1. The molecule has 0 aliphatic heterocycles. The molecule has 110 valence electrons. The molecule has 0 unspecified atom stereocenters. The van der Waals surface area contributed by atoms with Gasteiger partial charge in [0, 0.05) is 13.1 Å². The summed E-state index contributed by atoms with van der Waals surface area (Å²) in [6.45, 7) is 5.01. The first-order chi connectivity index (χ1) is 9.40. The molecule has 2 amide bonds. The highest BCUT2D eigenvalue weighted by Gasteiger charge is 2.17. The molecule has 0 atom stereocenters. The van der Waals surface area contributed by atoms with E-state index in [0.29, 0.717) is 13.1 Å². The smallest absolute Gasteiger partial charge is 0.335 e. The lowest BCUT2D eigenvalue weighted by Crippen LogP contribution is -2.35. The first kappa shape index (κ1) is 16.6. The Bertz CT molecular complexity index is 497. The summed E-state index contributed by atoms with van der Waals surface area (Å²) in [6, 6.07) is 2.18. The van der Waals surface area contributed by atoms with Crippen LogP contribution in [0.5, 0.6) is 0 Å². The zero-order valence-corrected chi connectivity index (χ0v) is 12.8. The normalized spacial score (nSPS) is 10.2. The SMILES string of the molecule is CCCN(CC)C(=O)Nc1c(Cl)cc(C(=O)O)cc1Cl. The predicted octanol–water partition coefficient (Wildman–Crippen LogP) is 3.96. The number of aromatic carboxylic acids is 1. The van der Waals surface area contributed by atoms with Crippen LogP contribution in [-0.4, -0.2) is 35.1 Å². The second kappa shape index (κ2) is 7.36. The van der Waals surface area contributed by atoms with Crippen molar-refractivity contribution in [2.75, 3.05) is 18.4 Å². The number of hydrogen-bond donors (Lipinski definition) is 2. The number of urea groups is 1. The molecule has 0 spiro atoms. The molecule has 0 saturated heterocycles. The van der Waals surface area contributed by atoms with E-state index in [0.717, 1.165) is 6.42 Å². The van der Waals surface area contributed by atoms with Gasteiger partial charge < -0.3 is 15.3 Å². The third-order valence-corrected chi connectivity index (χ3v) is 3.28. The van der Waals surface area contributed by atoms with E-state index in [1.165, 1.54) is 12.1 Å². The van der Waals surface area contributed by atoms with Crippen molar-refractivity contribution in [3.63, 3.8) is 0 Å². The highest BCUT2D eigenvalue weighted by Crippen LogP contribution is 2.32. The minimum Gasteiger partial charge on any atom is -0.478 e. The minimum absolute atomic E-state index is 0.0288. The predicted molar refractivity (Wildman–Crippen MR) is 80.0 cm³/mol. The Balaban J connectivity index is 2.98. The lowest BCUT2D eigenvalue weighted by atomic mass is 10.2. The van der Waals surface area contributed by atoms with Crippen LogP contribution in [0, 0.1) is 0 Å². The fourth-order valence-corrected chi connectivity index (χ4v) is 2.26. The fraction of sp³-hybridized carbons (Fsp3) is 0.385. The van der Waals surface area contributed by atoms with Crippen molar-refractivity contribution in [3.8, 4) is 0 Å². The lowest BCUT2D eigenvalue weighted by molar-refractivity contribution is 0.0697. The highest BCUT2D eigenvalue weighted by molar-refractivity contribution is 6.40. The third-order valence-electron chi connectivity index (χ3n) is 2.68. The van der Waals surface area contributed by atoms with Gasteiger partial charge in [-0.15, -0.1) is 0 Å². The minimum atomic E-state index is -1.13. The van der Waals surface area contributed by atoms with E-state index < -0.39 is 5.97 Å². The van der Waals surface area contributed by atoms with Gasteiger partial charge in [-0.1, -0.05) is 30.1 Å². The number of carboxylic acids is 1. The van der Waals surface area contributed by atoms with Gasteiger partial charge in [-0.3, -0.25) is 0 Å². The summed E-state index contributed by atoms with van der Waals surface area (Å²) < 4.78 is 0. The number of benzene rings is 1. The summed E-state index contributed by atoms with van der Waals surface area (Å²) in [5.41, 5.74) is 0.191. The molecule has 0 fully saturated rings. The Morgan fingerprint density at radius 1 is 1.25 bits per heavy atom. The maximum atomic E-state index is 12.0. The summed E-state index contributed by atoms with van der Waals surface area (Å²) in [5.74, 6) is -1.13. The van der Waals surface area contributed by atoms with Crippen LogP contribution in [0.4, 0.5) is 10.5 Å². The Hall–Kier alpha value is -1.46. The molecule has 7 heteroatoms. The van der Waals surface area contributed by atoms with Crippen molar-refractivity contribution in [3.05, 3.63) is 27.7 Å². The molecule has 0 heterocycles. The van der Waals surface area contributed by atoms with Gasteiger partial charge in [-0.05, 0) is 25.5 Å². The van der Waals surface area contributed by atoms with Crippen molar-refractivity contribution in [1.82, 2.24) is 4.90 Å². The molecule has 1 aromatic carbocycles. The average Bonchev–Trinajstić information content (AvgIpc) is 2.39. The summed E-state index contributed by atoms with van der Waals surface area (Å²) in [5, 5.41) is 11.7. The average molecular weight is 319 g/mol. The van der Waals surface area contributed by atoms with Crippen LogP contribution in [0.25, 0.3) is 0 Å². The maximum Gasteiger partial charge on any atom is 0.335 e. The van der Waals surface area contributed by atoms with Gasteiger partial charge in [0.2, 0.25) is 0 Å². The summed E-state index contributed by atoms with van der Waals surface area (Å²) in [4.78, 5) is 24.5. The van der Waals surface area contributed by atoms with Crippen LogP contribution >= 0.6 is 23.2 Å². The van der Waals surface area contributed by atoms with Crippen LogP contribution in [0.3, 0.4) is 0 Å². The maximum absolute atomic E-state index is 12.0. The number of amides is 2. The zero-order valence-electron chi connectivity index (χ0n) is 11.2. The summed E-state index contributed by atoms with van der Waals surface area (Å²) >= 11 is 11.9. The zero-order chi connectivity index (χ0) is 15.3. The second-order valence-electron chi connectivity index (χ2n) is 4.13. The van der Waals surface area contributed by atoms with E-state index in [9.17, 15) is 9.59 Å². The topological polar surface area (TPSA) is 69.6 Å². The number of carbonyl (C=O) groups is 2. The first-order valence-electron chi connectivity index (χ1n) is 6.18. The molecular formula is C13H16Cl2N2O3. The Labute approximate surface area is 127 Å². The van der Waals surface area contributed by atoms with Gasteiger partial charge in [-0.2, -0.15) is 0 Å². The van der Waals surface area contributed by atoms with E-state index >= 15 is 0 Å². The van der Waals surface area contributed by atoms with E-state index in [1.807, 2.05) is 13.8 Å². The van der Waals surface area contributed by atoms with Gasteiger partial charge in [0.1, 0.15) is 0 Å². The molecule has 5 nitrogen and oxygen atoms in total. The van der Waals surface area contributed by atoms with E-state index in [1.54, 1.807) is 4.90 Å². The summed E-state index contributed by atoms with van der Waals surface area (Å²) in [6.07, 6.45) is 0.834. The number of carboxylic acid groups (broad SMARTS) is 1. The molecule has 0 saturated carbocycles. The van der Waals surface area contributed by atoms with Crippen molar-refractivity contribution >= 4 is 40.9 Å². The van der Waals surface area contributed by atoms with Gasteiger partial charge >= 0.3 is 12.0 Å². The summed E-state index contributed by atoms with van der Waals surface area (Å²) in [7, 11) is 0. The molecule has 2 N–H and O–H groups in total. The molecule has 0 bridgehead atoms. The number of carbonyl (C=O) groups excluding carboxylic acids is 1. The first-order valence-corrected chi connectivity index (χ1v) is 6.94. The van der Waals surface area contributed by atoms with Crippen LogP contribution < -0.4 is 5.32 Å². The molecule has 1 rings (SSSR count). The second-order valence-corrected chi connectivity index (χ2v) is 4.94. The van der Waals surface area contributed by atoms with Gasteiger partial charge in [-0.25, -0.2) is 9.59 Å².